The maximum absolute atomic E-state index is 13.5. The third-order valence-electron chi connectivity index (χ3n) is 3.24. The van der Waals surface area contributed by atoms with Crippen molar-refractivity contribution in [2.24, 2.45) is 4.99 Å². The van der Waals surface area contributed by atoms with Crippen molar-refractivity contribution < 1.29 is 17.6 Å². The monoisotopic (exact) mass is 476 g/mol. The summed E-state index contributed by atoms with van der Waals surface area (Å²) in [7, 11) is 1.41. The third-order valence-corrected chi connectivity index (χ3v) is 3.24. The number of likely N-dealkylation sites (N-methyl/N-ethyl adjacent to an activating group) is 1. The first-order chi connectivity index (χ1) is 11.2. The molecule has 0 fully saturated rings. The van der Waals surface area contributed by atoms with Crippen molar-refractivity contribution in [1.29, 1.82) is 0 Å². The maximum atomic E-state index is 13.5. The molecule has 1 rings (SSSR count). The van der Waals surface area contributed by atoms with Gasteiger partial charge in [-0.25, -0.2) is 9.38 Å². The fraction of sp³-hybridized carbons (Fsp3) is 0.562. The quantitative estimate of drug-likeness (QED) is 0.275. The molecule has 2 N–H and O–H groups in total. The molecule has 0 aromatic heterocycles. The molecular formula is C16H25F4IN4. The molecule has 0 spiro atoms. The summed E-state index contributed by atoms with van der Waals surface area (Å²) in [5, 5.41) is 5.97. The second-order valence-electron chi connectivity index (χ2n) is 5.56. The van der Waals surface area contributed by atoms with Crippen LogP contribution in [0.5, 0.6) is 0 Å². The average molecular weight is 476 g/mol. The van der Waals surface area contributed by atoms with Crippen molar-refractivity contribution in [3.05, 3.63) is 35.1 Å². The molecule has 0 aliphatic carbocycles. The van der Waals surface area contributed by atoms with E-state index in [2.05, 4.69) is 15.6 Å². The van der Waals surface area contributed by atoms with Crippen LogP contribution in [-0.4, -0.2) is 50.3 Å². The zero-order valence-electron chi connectivity index (χ0n) is 14.6. The Morgan fingerprint density at radius 3 is 2.48 bits per heavy atom. The van der Waals surface area contributed by atoms with Gasteiger partial charge >= 0.3 is 6.18 Å². The van der Waals surface area contributed by atoms with Gasteiger partial charge in [-0.15, -0.1) is 24.0 Å². The molecular weight excluding hydrogens is 451 g/mol. The Hall–Kier alpha value is -1.10. The Balaban J connectivity index is 0.00000576. The predicted molar refractivity (Wildman–Crippen MR) is 103 cm³/mol. The number of guanidine groups is 1. The normalized spacial score (nSPS) is 12.1. The Labute approximate surface area is 163 Å². The summed E-state index contributed by atoms with van der Waals surface area (Å²) in [5.41, 5.74) is 1.30. The van der Waals surface area contributed by atoms with Gasteiger partial charge < -0.3 is 10.6 Å². The van der Waals surface area contributed by atoms with Crippen LogP contribution in [0.2, 0.25) is 0 Å². The predicted octanol–water partition coefficient (Wildman–Crippen LogP) is 3.30. The summed E-state index contributed by atoms with van der Waals surface area (Å²) in [4.78, 5) is 5.50. The molecule has 144 valence electrons. The fourth-order valence-corrected chi connectivity index (χ4v) is 2.00. The summed E-state index contributed by atoms with van der Waals surface area (Å²) in [6.07, 6.45) is -4.21. The Morgan fingerprint density at radius 1 is 1.24 bits per heavy atom. The van der Waals surface area contributed by atoms with Gasteiger partial charge in [0.15, 0.2) is 5.96 Å². The highest BCUT2D eigenvalue weighted by Gasteiger charge is 2.28. The fourth-order valence-electron chi connectivity index (χ4n) is 2.00. The minimum Gasteiger partial charge on any atom is -0.357 e. The molecule has 0 radical (unpaired) electrons. The zero-order valence-corrected chi connectivity index (χ0v) is 16.9. The van der Waals surface area contributed by atoms with Gasteiger partial charge in [0.2, 0.25) is 0 Å². The molecule has 0 aliphatic rings. The number of aryl methyl sites for hydroxylation is 1. The van der Waals surface area contributed by atoms with E-state index >= 15 is 0 Å². The molecule has 0 saturated heterocycles. The molecule has 0 bridgehead atoms. The van der Waals surface area contributed by atoms with Crippen molar-refractivity contribution >= 4 is 29.9 Å². The topological polar surface area (TPSA) is 39.7 Å². The second-order valence-corrected chi connectivity index (χ2v) is 5.56. The standard InChI is InChI=1S/C16H24F4N4.HI/c1-4-21-15(22-7-8-24(3)11-16(18,19)20)23-10-13-6-5-12(2)14(17)9-13;/h5-6,9H,4,7-8,10-11H2,1-3H3,(H2,21,22,23);1H. The molecule has 1 aromatic carbocycles. The van der Waals surface area contributed by atoms with Gasteiger partial charge in [-0.05, 0) is 38.1 Å². The largest absolute Gasteiger partial charge is 0.401 e. The molecule has 1 aromatic rings. The van der Waals surface area contributed by atoms with Crippen molar-refractivity contribution in [1.82, 2.24) is 15.5 Å². The highest BCUT2D eigenvalue weighted by molar-refractivity contribution is 14.0. The van der Waals surface area contributed by atoms with Gasteiger partial charge in [-0.1, -0.05) is 12.1 Å². The summed E-state index contributed by atoms with van der Waals surface area (Å²) in [6.45, 7) is 4.07. The molecule has 0 heterocycles. The van der Waals surface area contributed by atoms with Gasteiger partial charge in [0.25, 0.3) is 0 Å². The lowest BCUT2D eigenvalue weighted by Gasteiger charge is -2.19. The van der Waals surface area contributed by atoms with Crippen molar-refractivity contribution in [3.8, 4) is 0 Å². The second kappa shape index (κ2) is 11.5. The maximum Gasteiger partial charge on any atom is 0.401 e. The van der Waals surface area contributed by atoms with Crippen LogP contribution in [0.3, 0.4) is 0 Å². The number of nitrogens with zero attached hydrogens (tertiary/aromatic N) is 2. The number of benzene rings is 1. The highest BCUT2D eigenvalue weighted by atomic mass is 127. The molecule has 0 saturated carbocycles. The first-order valence-electron chi connectivity index (χ1n) is 7.73. The molecule has 4 nitrogen and oxygen atoms in total. The summed E-state index contributed by atoms with van der Waals surface area (Å²) in [5.74, 6) is 0.202. The lowest BCUT2D eigenvalue weighted by molar-refractivity contribution is -0.142. The first kappa shape index (κ1) is 23.9. The number of nitrogens with one attached hydrogen (secondary N) is 2. The van der Waals surface area contributed by atoms with Gasteiger partial charge in [0.05, 0.1) is 13.1 Å². The zero-order chi connectivity index (χ0) is 18.2. The Bertz CT molecular complexity index is 549. The molecule has 0 atom stereocenters. The van der Waals surface area contributed by atoms with E-state index < -0.39 is 12.7 Å². The van der Waals surface area contributed by atoms with Crippen LogP contribution in [0.15, 0.2) is 23.2 Å². The van der Waals surface area contributed by atoms with Gasteiger partial charge in [-0.2, -0.15) is 13.2 Å². The number of alkyl halides is 3. The molecule has 9 heteroatoms. The van der Waals surface area contributed by atoms with E-state index in [0.29, 0.717) is 24.6 Å². The van der Waals surface area contributed by atoms with Crippen LogP contribution < -0.4 is 10.6 Å². The van der Waals surface area contributed by atoms with E-state index in [-0.39, 0.29) is 42.9 Å². The summed E-state index contributed by atoms with van der Waals surface area (Å²) in [6, 6.07) is 4.91. The SMILES string of the molecule is CCNC(=NCc1ccc(C)c(F)c1)NCCN(C)CC(F)(F)F.I. The smallest absolute Gasteiger partial charge is 0.357 e. The van der Waals surface area contributed by atoms with E-state index in [4.69, 9.17) is 0 Å². The van der Waals surface area contributed by atoms with Crippen LogP contribution in [0.4, 0.5) is 17.6 Å². The molecule has 25 heavy (non-hydrogen) atoms. The molecule has 0 unspecified atom stereocenters. The van der Waals surface area contributed by atoms with Crippen molar-refractivity contribution in [2.45, 2.75) is 26.6 Å². The van der Waals surface area contributed by atoms with Gasteiger partial charge in [0, 0.05) is 19.6 Å². The third kappa shape index (κ3) is 10.5. The highest BCUT2D eigenvalue weighted by Crippen LogP contribution is 2.15. The van der Waals surface area contributed by atoms with Crippen LogP contribution in [-0.2, 0) is 6.54 Å². The van der Waals surface area contributed by atoms with E-state index in [9.17, 15) is 17.6 Å². The Morgan fingerprint density at radius 2 is 1.92 bits per heavy atom. The van der Waals surface area contributed by atoms with Crippen molar-refractivity contribution in [2.75, 3.05) is 33.2 Å². The number of hydrogen-bond acceptors (Lipinski definition) is 2. The van der Waals surface area contributed by atoms with Gasteiger partial charge in [0.1, 0.15) is 5.82 Å². The minimum atomic E-state index is -4.21. The van der Waals surface area contributed by atoms with E-state index in [0.717, 1.165) is 5.56 Å². The average Bonchev–Trinajstić information content (AvgIpc) is 2.46. The van der Waals surface area contributed by atoms with E-state index in [1.54, 1.807) is 19.1 Å². The van der Waals surface area contributed by atoms with E-state index in [1.807, 2.05) is 6.92 Å². The number of rotatable bonds is 7. The van der Waals surface area contributed by atoms with Crippen molar-refractivity contribution in [3.63, 3.8) is 0 Å². The molecule has 0 aliphatic heterocycles. The van der Waals surface area contributed by atoms with Crippen LogP contribution >= 0.6 is 24.0 Å². The van der Waals surface area contributed by atoms with Crippen LogP contribution in [0, 0.1) is 12.7 Å². The number of halogens is 5. The number of hydrogen-bond donors (Lipinski definition) is 2. The molecule has 0 amide bonds. The van der Waals surface area contributed by atoms with E-state index in [1.165, 1.54) is 18.0 Å². The lowest BCUT2D eigenvalue weighted by atomic mass is 10.1. The minimum absolute atomic E-state index is 0. The first-order valence-corrected chi connectivity index (χ1v) is 7.73. The van der Waals surface area contributed by atoms with Crippen LogP contribution in [0.1, 0.15) is 18.1 Å². The number of aliphatic imine (C=N–C) groups is 1. The summed E-state index contributed by atoms with van der Waals surface area (Å²) < 4.78 is 50.3. The van der Waals surface area contributed by atoms with Gasteiger partial charge in [-0.3, -0.25) is 4.90 Å². The Kier molecular flexibility index (Phi) is 11.0. The summed E-state index contributed by atoms with van der Waals surface area (Å²) >= 11 is 0. The lowest BCUT2D eigenvalue weighted by Crippen LogP contribution is -2.42. The van der Waals surface area contributed by atoms with Crippen LogP contribution in [0.25, 0.3) is 0 Å².